The Balaban J connectivity index is 1.22. The second-order valence-corrected chi connectivity index (χ2v) is 10.9. The van der Waals surface area contributed by atoms with Crippen LogP contribution in [0, 0.1) is 11.0 Å². The van der Waals surface area contributed by atoms with Crippen molar-refractivity contribution in [3.05, 3.63) is 66.3 Å². The molecule has 6 aromatic rings. The third-order valence-electron chi connectivity index (χ3n) is 7.32. The SMILES string of the molecule is O=C(Nc1cncc(-c2ccc3[nH]nc(-c4cc5c(-c6ccc(F)s6)cncc5[nH]4)c3n2)c1)C1CCCCC1. The minimum atomic E-state index is -0.236. The minimum absolute atomic E-state index is 0.0622. The molecule has 1 fully saturated rings. The van der Waals surface area contributed by atoms with E-state index in [9.17, 15) is 9.18 Å². The second-order valence-electron chi connectivity index (χ2n) is 9.89. The number of hydrogen-bond donors (Lipinski definition) is 3. The molecule has 6 heterocycles. The molecule has 0 aromatic carbocycles. The molecule has 1 aliphatic carbocycles. The maximum Gasteiger partial charge on any atom is 0.227 e. The Hall–Kier alpha value is -4.44. The summed E-state index contributed by atoms with van der Waals surface area (Å²) in [7, 11) is 0. The van der Waals surface area contributed by atoms with Crippen molar-refractivity contribution < 1.29 is 9.18 Å². The van der Waals surface area contributed by atoms with Gasteiger partial charge in [0.25, 0.3) is 0 Å². The zero-order valence-corrected chi connectivity index (χ0v) is 21.7. The second kappa shape index (κ2) is 9.70. The standard InChI is InChI=1S/C29H24FN7OS/c30-26-9-8-25(39-26)20-14-32-15-24-19(20)11-23(34-24)28-27-22(36-37-28)7-6-21(35-27)17-10-18(13-31-12-17)33-29(38)16-4-2-1-3-5-16/h6-16,34H,1-5H2,(H,33,38)(H,36,37). The number of thiophene rings is 1. The van der Waals surface area contributed by atoms with Crippen LogP contribution in [-0.4, -0.2) is 36.0 Å². The van der Waals surface area contributed by atoms with Gasteiger partial charge in [-0.3, -0.25) is 19.9 Å². The first kappa shape index (κ1) is 23.7. The molecule has 0 bridgehead atoms. The van der Waals surface area contributed by atoms with E-state index >= 15 is 0 Å². The van der Waals surface area contributed by atoms with Crippen LogP contribution >= 0.6 is 11.3 Å². The average molecular weight is 538 g/mol. The average Bonchev–Trinajstić information content (AvgIpc) is 3.71. The van der Waals surface area contributed by atoms with Gasteiger partial charge < -0.3 is 10.3 Å². The van der Waals surface area contributed by atoms with Gasteiger partial charge in [-0.25, -0.2) is 4.98 Å². The number of rotatable bonds is 5. The van der Waals surface area contributed by atoms with Crippen LogP contribution in [0.1, 0.15) is 32.1 Å². The number of anilines is 1. The third kappa shape index (κ3) is 4.46. The molecule has 0 saturated heterocycles. The summed E-state index contributed by atoms with van der Waals surface area (Å²) in [5.74, 6) is 0.128. The Morgan fingerprint density at radius 2 is 1.85 bits per heavy atom. The molecule has 1 amide bonds. The van der Waals surface area contributed by atoms with E-state index in [2.05, 4.69) is 30.5 Å². The molecular formula is C29H24FN7OS. The van der Waals surface area contributed by atoms with Crippen LogP contribution in [-0.2, 0) is 4.79 Å². The maximum atomic E-state index is 13.7. The van der Waals surface area contributed by atoms with E-state index in [1.54, 1.807) is 30.9 Å². The lowest BCUT2D eigenvalue weighted by molar-refractivity contribution is -0.120. The Morgan fingerprint density at radius 3 is 2.69 bits per heavy atom. The highest BCUT2D eigenvalue weighted by Gasteiger charge is 2.21. The van der Waals surface area contributed by atoms with Gasteiger partial charge in [0.1, 0.15) is 11.2 Å². The largest absolute Gasteiger partial charge is 0.352 e. The monoisotopic (exact) mass is 537 g/mol. The lowest BCUT2D eigenvalue weighted by Gasteiger charge is -2.20. The zero-order chi connectivity index (χ0) is 26.3. The van der Waals surface area contributed by atoms with Crippen molar-refractivity contribution in [1.82, 2.24) is 30.1 Å². The highest BCUT2D eigenvalue weighted by molar-refractivity contribution is 7.14. The molecule has 1 saturated carbocycles. The predicted molar refractivity (Wildman–Crippen MR) is 151 cm³/mol. The number of hydrogen-bond acceptors (Lipinski definition) is 6. The molecule has 8 nitrogen and oxygen atoms in total. The zero-order valence-electron chi connectivity index (χ0n) is 20.9. The van der Waals surface area contributed by atoms with Crippen molar-refractivity contribution >= 4 is 44.9 Å². The molecule has 194 valence electrons. The van der Waals surface area contributed by atoms with E-state index in [0.717, 1.165) is 80.8 Å². The number of aromatic nitrogens is 6. The van der Waals surface area contributed by atoms with Crippen molar-refractivity contribution in [3.8, 4) is 33.1 Å². The van der Waals surface area contributed by atoms with E-state index in [1.807, 2.05) is 24.3 Å². The molecule has 3 N–H and O–H groups in total. The maximum absolute atomic E-state index is 13.7. The Labute approximate surface area is 226 Å². The van der Waals surface area contributed by atoms with Gasteiger partial charge in [-0.2, -0.15) is 9.49 Å². The first-order valence-corrected chi connectivity index (χ1v) is 13.8. The van der Waals surface area contributed by atoms with Crippen LogP contribution in [0.4, 0.5) is 10.1 Å². The highest BCUT2D eigenvalue weighted by atomic mass is 32.1. The molecule has 0 unspecified atom stereocenters. The fourth-order valence-electron chi connectivity index (χ4n) is 5.34. The number of carbonyl (C=O) groups excluding carboxylic acids is 1. The molecule has 0 spiro atoms. The van der Waals surface area contributed by atoms with E-state index in [4.69, 9.17) is 4.98 Å². The van der Waals surface area contributed by atoms with Crippen molar-refractivity contribution in [2.75, 3.05) is 5.32 Å². The first-order chi connectivity index (χ1) is 19.1. The van der Waals surface area contributed by atoms with Gasteiger partial charge in [0.15, 0.2) is 5.13 Å². The fourth-order valence-corrected chi connectivity index (χ4v) is 6.09. The van der Waals surface area contributed by atoms with E-state index in [0.29, 0.717) is 16.9 Å². The lowest BCUT2D eigenvalue weighted by atomic mass is 9.88. The number of nitrogens with one attached hydrogen (secondary N) is 3. The molecule has 1 aliphatic rings. The summed E-state index contributed by atoms with van der Waals surface area (Å²) < 4.78 is 13.7. The molecule has 0 radical (unpaired) electrons. The van der Waals surface area contributed by atoms with Gasteiger partial charge >= 0.3 is 0 Å². The number of H-pyrrole nitrogens is 2. The van der Waals surface area contributed by atoms with Crippen molar-refractivity contribution in [1.29, 1.82) is 0 Å². The van der Waals surface area contributed by atoms with Gasteiger partial charge in [-0.15, -0.1) is 11.3 Å². The molecule has 10 heteroatoms. The van der Waals surface area contributed by atoms with Crippen molar-refractivity contribution in [2.24, 2.45) is 5.92 Å². The van der Waals surface area contributed by atoms with Gasteiger partial charge in [0.05, 0.1) is 40.5 Å². The topological polar surface area (TPSA) is 112 Å². The van der Waals surface area contributed by atoms with Crippen LogP contribution in [0.25, 0.3) is 55.0 Å². The molecule has 39 heavy (non-hydrogen) atoms. The van der Waals surface area contributed by atoms with Crippen LogP contribution in [0.15, 0.2) is 61.2 Å². The predicted octanol–water partition coefficient (Wildman–Crippen LogP) is 6.95. The Morgan fingerprint density at radius 1 is 0.974 bits per heavy atom. The third-order valence-corrected chi connectivity index (χ3v) is 8.23. The number of carbonyl (C=O) groups is 1. The summed E-state index contributed by atoms with van der Waals surface area (Å²) in [6, 6.07) is 11.0. The summed E-state index contributed by atoms with van der Waals surface area (Å²) in [6.07, 6.45) is 12.2. The van der Waals surface area contributed by atoms with Crippen LogP contribution in [0.2, 0.25) is 0 Å². The van der Waals surface area contributed by atoms with Gasteiger partial charge in [-0.05, 0) is 49.2 Å². The Bertz CT molecular complexity index is 1830. The number of aromatic amines is 2. The molecule has 7 rings (SSSR count). The smallest absolute Gasteiger partial charge is 0.227 e. The summed E-state index contributed by atoms with van der Waals surface area (Å²) in [5.41, 5.74) is 6.81. The summed E-state index contributed by atoms with van der Waals surface area (Å²) >= 11 is 1.09. The number of halogens is 1. The quantitative estimate of drug-likeness (QED) is 0.220. The van der Waals surface area contributed by atoms with Crippen molar-refractivity contribution in [2.45, 2.75) is 32.1 Å². The number of fused-ring (bicyclic) bond motifs is 2. The molecule has 0 aliphatic heterocycles. The minimum Gasteiger partial charge on any atom is -0.352 e. The lowest BCUT2D eigenvalue weighted by Crippen LogP contribution is -2.24. The molecular weight excluding hydrogens is 513 g/mol. The van der Waals surface area contributed by atoms with Crippen LogP contribution < -0.4 is 5.32 Å². The molecule has 6 aromatic heterocycles. The van der Waals surface area contributed by atoms with Crippen LogP contribution in [0.3, 0.4) is 0 Å². The number of pyridine rings is 3. The number of amides is 1. The Kier molecular flexibility index (Phi) is 5.89. The number of nitrogens with zero attached hydrogens (tertiary/aromatic N) is 4. The normalized spacial score (nSPS) is 14.3. The van der Waals surface area contributed by atoms with Gasteiger partial charge in [0, 0.05) is 39.7 Å². The van der Waals surface area contributed by atoms with E-state index < -0.39 is 0 Å². The summed E-state index contributed by atoms with van der Waals surface area (Å²) in [5, 5.41) is 11.3. The summed E-state index contributed by atoms with van der Waals surface area (Å²) in [4.78, 5) is 30.6. The van der Waals surface area contributed by atoms with E-state index in [-0.39, 0.29) is 17.0 Å². The fraction of sp³-hybridized carbons (Fsp3) is 0.207. The van der Waals surface area contributed by atoms with Gasteiger partial charge in [-0.1, -0.05) is 19.3 Å². The first-order valence-electron chi connectivity index (χ1n) is 13.0. The highest BCUT2D eigenvalue weighted by Crippen LogP contribution is 2.36. The van der Waals surface area contributed by atoms with E-state index in [1.165, 1.54) is 12.5 Å². The van der Waals surface area contributed by atoms with Gasteiger partial charge in [0.2, 0.25) is 5.91 Å². The summed E-state index contributed by atoms with van der Waals surface area (Å²) in [6.45, 7) is 0. The van der Waals surface area contributed by atoms with Crippen molar-refractivity contribution in [3.63, 3.8) is 0 Å². The molecule has 0 atom stereocenters. The van der Waals surface area contributed by atoms with Crippen LogP contribution in [0.5, 0.6) is 0 Å².